The minimum atomic E-state index is -1.02. The smallest absolute Gasteiger partial charge is 0.407 e. The van der Waals surface area contributed by atoms with E-state index in [-0.39, 0.29) is 23.0 Å². The third-order valence-corrected chi connectivity index (χ3v) is 8.18. The van der Waals surface area contributed by atoms with Gasteiger partial charge in [-0.05, 0) is 76.3 Å². The van der Waals surface area contributed by atoms with E-state index >= 15 is 0 Å². The van der Waals surface area contributed by atoms with Gasteiger partial charge < -0.3 is 14.9 Å². The Hall–Kier alpha value is -4.80. The molecule has 1 saturated carbocycles. The molecule has 4 aromatic rings. The average Bonchev–Trinajstić information content (AvgIpc) is 2.98. The first kappa shape index (κ1) is 30.7. The number of carbonyl (C=O) groups excluding carboxylic acids is 1. The van der Waals surface area contributed by atoms with Crippen molar-refractivity contribution in [3.05, 3.63) is 105 Å². The van der Waals surface area contributed by atoms with Gasteiger partial charge in [-0.3, -0.25) is 14.2 Å². The van der Waals surface area contributed by atoms with Crippen LogP contribution in [0.2, 0.25) is 0 Å². The summed E-state index contributed by atoms with van der Waals surface area (Å²) in [6.07, 6.45) is 1.61. The fourth-order valence-electron chi connectivity index (χ4n) is 6.23. The number of rotatable bonds is 6. The van der Waals surface area contributed by atoms with Crippen molar-refractivity contribution in [3.8, 4) is 5.69 Å². The highest BCUT2D eigenvalue weighted by molar-refractivity contribution is 5.94. The van der Waals surface area contributed by atoms with E-state index in [4.69, 9.17) is 0 Å². The fourth-order valence-corrected chi connectivity index (χ4v) is 6.23. The van der Waals surface area contributed by atoms with E-state index in [9.17, 15) is 28.7 Å². The van der Waals surface area contributed by atoms with Crippen LogP contribution in [0.15, 0.2) is 76.4 Å². The highest BCUT2D eigenvalue weighted by atomic mass is 19.1. The van der Waals surface area contributed by atoms with E-state index in [0.29, 0.717) is 43.5 Å². The second kappa shape index (κ2) is 12.1. The molecule has 0 aliphatic heterocycles. The van der Waals surface area contributed by atoms with E-state index in [1.807, 2.05) is 51.1 Å². The van der Waals surface area contributed by atoms with Crippen molar-refractivity contribution in [2.75, 3.05) is 7.05 Å². The van der Waals surface area contributed by atoms with Crippen molar-refractivity contribution in [2.24, 2.45) is 0 Å². The molecule has 1 N–H and O–H groups in total. The van der Waals surface area contributed by atoms with Gasteiger partial charge in [0.1, 0.15) is 5.82 Å². The predicted molar refractivity (Wildman–Crippen MR) is 165 cm³/mol. The van der Waals surface area contributed by atoms with E-state index in [1.54, 1.807) is 36.2 Å². The maximum absolute atomic E-state index is 14.4. The average molecular weight is 602 g/mol. The van der Waals surface area contributed by atoms with Crippen LogP contribution in [-0.4, -0.2) is 59.7 Å². The lowest BCUT2D eigenvalue weighted by Crippen LogP contribution is -2.53. The molecule has 2 aromatic carbocycles. The van der Waals surface area contributed by atoms with Gasteiger partial charge in [0.05, 0.1) is 17.3 Å². The molecule has 44 heavy (non-hydrogen) atoms. The molecule has 0 unspecified atom stereocenters. The third-order valence-electron chi connectivity index (χ3n) is 8.18. The molecule has 2 heterocycles. The van der Waals surface area contributed by atoms with Gasteiger partial charge in [-0.15, -0.1) is 0 Å². The van der Waals surface area contributed by atoms with E-state index in [1.165, 1.54) is 9.47 Å². The second-order valence-electron chi connectivity index (χ2n) is 12.3. The Morgan fingerprint density at radius 3 is 2.32 bits per heavy atom. The van der Waals surface area contributed by atoms with Crippen LogP contribution in [0.25, 0.3) is 16.7 Å². The van der Waals surface area contributed by atoms with Gasteiger partial charge in [0.2, 0.25) is 0 Å². The first-order valence-corrected chi connectivity index (χ1v) is 14.6. The molecule has 0 atom stereocenters. The Bertz CT molecular complexity index is 1820. The van der Waals surface area contributed by atoms with Crippen molar-refractivity contribution < 1.29 is 19.1 Å². The van der Waals surface area contributed by atoms with Crippen molar-refractivity contribution in [1.82, 2.24) is 23.9 Å². The number of hydrogen-bond acceptors (Lipinski definition) is 5. The second-order valence-corrected chi connectivity index (χ2v) is 12.3. The van der Waals surface area contributed by atoms with Crippen LogP contribution in [0.1, 0.15) is 68.4 Å². The quantitative estimate of drug-likeness (QED) is 0.324. The Morgan fingerprint density at radius 1 is 1.00 bits per heavy atom. The summed E-state index contributed by atoms with van der Waals surface area (Å²) in [6.45, 7) is 5.88. The molecule has 10 nitrogen and oxygen atoms in total. The van der Waals surface area contributed by atoms with Crippen LogP contribution in [0, 0.1) is 5.82 Å². The van der Waals surface area contributed by atoms with E-state index in [2.05, 4.69) is 4.98 Å². The van der Waals surface area contributed by atoms with Crippen molar-refractivity contribution >= 4 is 23.0 Å². The fraction of sp³-hybridized carbons (Fsp3) is 0.364. The maximum Gasteiger partial charge on any atom is 0.407 e. The van der Waals surface area contributed by atoms with Crippen LogP contribution in [0.4, 0.5) is 9.18 Å². The molecule has 0 radical (unpaired) electrons. The summed E-state index contributed by atoms with van der Waals surface area (Å²) in [5.74, 6) is -0.982. The van der Waals surface area contributed by atoms with Crippen LogP contribution >= 0.6 is 0 Å². The molecule has 1 aliphatic rings. The Morgan fingerprint density at radius 2 is 1.68 bits per heavy atom. The molecular formula is C33H36FN5O5. The number of nitrogens with zero attached hydrogens (tertiary/aromatic N) is 5. The zero-order valence-corrected chi connectivity index (χ0v) is 25.2. The van der Waals surface area contributed by atoms with Crippen molar-refractivity contribution in [2.45, 2.75) is 70.6 Å². The number of aromatic nitrogens is 3. The molecule has 11 heteroatoms. The van der Waals surface area contributed by atoms with Gasteiger partial charge in [-0.1, -0.05) is 36.4 Å². The summed E-state index contributed by atoms with van der Waals surface area (Å²) in [7, 11) is 1.69. The molecule has 5 rings (SSSR count). The van der Waals surface area contributed by atoms with Gasteiger partial charge in [-0.2, -0.15) is 0 Å². The number of pyridine rings is 1. The molecule has 0 saturated heterocycles. The molecule has 0 spiro atoms. The van der Waals surface area contributed by atoms with Gasteiger partial charge in [-0.25, -0.2) is 23.5 Å². The number of benzene rings is 2. The summed E-state index contributed by atoms with van der Waals surface area (Å²) in [6, 6.07) is 16.3. The maximum atomic E-state index is 14.4. The topological polar surface area (TPSA) is 118 Å². The largest absolute Gasteiger partial charge is 0.465 e. The highest BCUT2D eigenvalue weighted by Gasteiger charge is 2.37. The molecule has 2 amide bonds. The standard InChI is InChI=1S/C33H36FN5O5/c1-33(2,3)39(32(43)44)25-15-13-24(14-16-25)38-30(41)27-18-23(34)19-35-28(27)37(31(38)42)26-12-8-11-22(17-26)29(40)36(4)20-21-9-6-5-7-10-21/h5-12,17-19,24-25H,13-16,20H2,1-4H3,(H,43,44)/t24-,25+. The molecular weight excluding hydrogens is 565 g/mol. The Kier molecular flexibility index (Phi) is 8.40. The lowest BCUT2D eigenvalue weighted by Gasteiger charge is -2.42. The zero-order chi connectivity index (χ0) is 31.8. The SMILES string of the molecule is CN(Cc1ccccc1)C(=O)c1cccc(-n2c(=O)n([C@H]3CC[C@@H](N(C(=O)O)C(C)(C)C)CC3)c(=O)c3cc(F)cnc32)c1. The van der Waals surface area contributed by atoms with Crippen LogP contribution < -0.4 is 11.2 Å². The van der Waals surface area contributed by atoms with E-state index in [0.717, 1.165) is 22.4 Å². The number of carboxylic acid groups (broad SMARTS) is 1. The number of fused-ring (bicyclic) bond motifs is 1. The van der Waals surface area contributed by atoms with Crippen LogP contribution in [0.5, 0.6) is 0 Å². The molecule has 1 fully saturated rings. The van der Waals surface area contributed by atoms with Crippen LogP contribution in [0.3, 0.4) is 0 Å². The van der Waals surface area contributed by atoms with Crippen molar-refractivity contribution in [3.63, 3.8) is 0 Å². The summed E-state index contributed by atoms with van der Waals surface area (Å²) in [5.41, 5.74) is -0.336. The number of hydrogen-bond donors (Lipinski definition) is 1. The Labute approximate surface area is 254 Å². The van der Waals surface area contributed by atoms with Gasteiger partial charge in [0, 0.05) is 36.8 Å². The lowest BCUT2D eigenvalue weighted by molar-refractivity contribution is 0.0506. The van der Waals surface area contributed by atoms with Crippen molar-refractivity contribution in [1.29, 1.82) is 0 Å². The monoisotopic (exact) mass is 601 g/mol. The predicted octanol–water partition coefficient (Wildman–Crippen LogP) is 5.22. The minimum Gasteiger partial charge on any atom is -0.465 e. The van der Waals surface area contributed by atoms with Gasteiger partial charge >= 0.3 is 11.8 Å². The van der Waals surface area contributed by atoms with Crippen LogP contribution in [-0.2, 0) is 6.54 Å². The van der Waals surface area contributed by atoms with E-state index < -0.39 is 34.7 Å². The lowest BCUT2D eigenvalue weighted by atomic mass is 9.88. The Balaban J connectivity index is 1.54. The molecule has 1 aliphatic carbocycles. The number of halogens is 1. The normalized spacial score (nSPS) is 16.9. The first-order valence-electron chi connectivity index (χ1n) is 14.6. The zero-order valence-electron chi connectivity index (χ0n) is 25.2. The minimum absolute atomic E-state index is 0.0154. The molecule has 230 valence electrons. The summed E-state index contributed by atoms with van der Waals surface area (Å²) in [4.78, 5) is 60.3. The summed E-state index contributed by atoms with van der Waals surface area (Å²) in [5, 5.41) is 9.79. The molecule has 2 aromatic heterocycles. The summed E-state index contributed by atoms with van der Waals surface area (Å²) >= 11 is 0. The highest BCUT2D eigenvalue weighted by Crippen LogP contribution is 2.33. The third kappa shape index (κ3) is 5.99. The van der Waals surface area contributed by atoms with Gasteiger partial charge in [0.15, 0.2) is 5.65 Å². The summed E-state index contributed by atoms with van der Waals surface area (Å²) < 4.78 is 16.8. The number of carbonyl (C=O) groups is 2. The first-order chi connectivity index (χ1) is 20.9. The molecule has 0 bridgehead atoms. The van der Waals surface area contributed by atoms with Gasteiger partial charge in [0.25, 0.3) is 11.5 Å². The number of amides is 2.